The second-order valence-corrected chi connectivity index (χ2v) is 8.80. The number of rotatable bonds is 5. The summed E-state index contributed by atoms with van der Waals surface area (Å²) in [6.07, 6.45) is 4.56. The molecule has 0 unspecified atom stereocenters. The van der Waals surface area contributed by atoms with E-state index in [0.29, 0.717) is 36.9 Å². The molecule has 9 nitrogen and oxygen atoms in total. The Bertz CT molecular complexity index is 911. The molecule has 1 fully saturated rings. The van der Waals surface area contributed by atoms with E-state index < -0.39 is 11.5 Å². The Morgan fingerprint density at radius 3 is 2.52 bits per heavy atom. The van der Waals surface area contributed by atoms with Gasteiger partial charge in [0, 0.05) is 43.8 Å². The minimum Gasteiger partial charge on any atom is -0.444 e. The van der Waals surface area contributed by atoms with Gasteiger partial charge < -0.3 is 20.3 Å². The number of nitrogens with one attached hydrogen (secondary N) is 2. The van der Waals surface area contributed by atoms with E-state index in [2.05, 4.69) is 25.8 Å². The summed E-state index contributed by atoms with van der Waals surface area (Å²) in [6.45, 7) is 7.46. The van der Waals surface area contributed by atoms with Crippen LogP contribution in [0.3, 0.4) is 0 Å². The molecule has 0 bridgehead atoms. The van der Waals surface area contributed by atoms with Gasteiger partial charge in [0.2, 0.25) is 0 Å². The third-order valence-electron chi connectivity index (χ3n) is 4.76. The summed E-state index contributed by atoms with van der Waals surface area (Å²) >= 11 is 6.00. The number of halogens is 1. The van der Waals surface area contributed by atoms with Crippen molar-refractivity contribution in [2.24, 2.45) is 5.92 Å². The Balaban J connectivity index is 1.57. The minimum atomic E-state index is -0.504. The van der Waals surface area contributed by atoms with Crippen molar-refractivity contribution in [2.45, 2.75) is 39.2 Å². The maximum absolute atomic E-state index is 12.7. The van der Waals surface area contributed by atoms with E-state index in [9.17, 15) is 9.59 Å². The molecule has 166 valence electrons. The van der Waals surface area contributed by atoms with Crippen molar-refractivity contribution in [3.8, 4) is 0 Å². The molecule has 3 rings (SSSR count). The first-order valence-electron chi connectivity index (χ1n) is 10.2. The molecular formula is C21H27ClN6O3. The molecule has 1 aliphatic rings. The highest BCUT2D eigenvalue weighted by Gasteiger charge is 2.27. The number of nitrogens with zero attached hydrogens (tertiary/aromatic N) is 4. The molecule has 3 heterocycles. The fourth-order valence-corrected chi connectivity index (χ4v) is 3.34. The number of pyridine rings is 1. The van der Waals surface area contributed by atoms with E-state index in [1.807, 2.05) is 20.8 Å². The van der Waals surface area contributed by atoms with Crippen molar-refractivity contribution >= 4 is 35.0 Å². The number of likely N-dealkylation sites (tertiary alicyclic amines) is 1. The van der Waals surface area contributed by atoms with Gasteiger partial charge in [0.1, 0.15) is 5.60 Å². The van der Waals surface area contributed by atoms with Crippen LogP contribution in [0.5, 0.6) is 0 Å². The van der Waals surface area contributed by atoms with Gasteiger partial charge in [0.15, 0.2) is 10.8 Å². The lowest BCUT2D eigenvalue weighted by molar-refractivity contribution is 0.0188. The first-order valence-corrected chi connectivity index (χ1v) is 10.6. The van der Waals surface area contributed by atoms with Gasteiger partial charge in [-0.05, 0) is 51.7 Å². The van der Waals surface area contributed by atoms with Crippen LogP contribution in [0.15, 0.2) is 30.6 Å². The van der Waals surface area contributed by atoms with Gasteiger partial charge in [-0.15, -0.1) is 10.2 Å². The Kier molecular flexibility index (Phi) is 7.27. The maximum Gasteiger partial charge on any atom is 0.410 e. The lowest BCUT2D eigenvalue weighted by Crippen LogP contribution is -2.42. The zero-order chi connectivity index (χ0) is 22.4. The molecule has 10 heteroatoms. The summed E-state index contributed by atoms with van der Waals surface area (Å²) in [4.78, 5) is 30.5. The number of carbonyl (C=O) groups is 2. The van der Waals surface area contributed by atoms with Crippen LogP contribution in [0.1, 0.15) is 44.1 Å². The van der Waals surface area contributed by atoms with Crippen LogP contribution in [-0.4, -0.2) is 57.3 Å². The molecular weight excluding hydrogens is 420 g/mol. The van der Waals surface area contributed by atoms with Crippen LogP contribution < -0.4 is 10.6 Å². The van der Waals surface area contributed by atoms with Crippen LogP contribution in [-0.2, 0) is 4.74 Å². The van der Waals surface area contributed by atoms with Gasteiger partial charge in [-0.1, -0.05) is 11.6 Å². The number of anilines is 2. The van der Waals surface area contributed by atoms with Crippen molar-refractivity contribution in [3.05, 3.63) is 41.4 Å². The number of piperidine rings is 1. The quantitative estimate of drug-likeness (QED) is 0.718. The van der Waals surface area contributed by atoms with Crippen LogP contribution >= 0.6 is 11.6 Å². The van der Waals surface area contributed by atoms with Crippen LogP contribution in [0.25, 0.3) is 0 Å². The third kappa shape index (κ3) is 6.78. The largest absolute Gasteiger partial charge is 0.444 e. The van der Waals surface area contributed by atoms with Crippen molar-refractivity contribution in [1.82, 2.24) is 20.1 Å². The van der Waals surface area contributed by atoms with E-state index in [-0.39, 0.29) is 16.9 Å². The van der Waals surface area contributed by atoms with Crippen LogP contribution in [0, 0.1) is 5.92 Å². The summed E-state index contributed by atoms with van der Waals surface area (Å²) in [6, 6.07) is 4.96. The Morgan fingerprint density at radius 2 is 1.87 bits per heavy atom. The van der Waals surface area contributed by atoms with E-state index in [0.717, 1.165) is 12.8 Å². The average molecular weight is 447 g/mol. The van der Waals surface area contributed by atoms with Gasteiger partial charge >= 0.3 is 6.09 Å². The van der Waals surface area contributed by atoms with E-state index in [1.165, 1.54) is 0 Å². The van der Waals surface area contributed by atoms with Crippen molar-refractivity contribution in [2.75, 3.05) is 30.3 Å². The SMILES string of the molecule is CC(C)(C)OC(=O)N1CCC(CNc2cc(Cl)nnc2C(=O)Nc2ccncc2)CC1. The van der Waals surface area contributed by atoms with Crippen molar-refractivity contribution < 1.29 is 14.3 Å². The zero-order valence-corrected chi connectivity index (χ0v) is 18.6. The second-order valence-electron chi connectivity index (χ2n) is 8.41. The molecule has 31 heavy (non-hydrogen) atoms. The molecule has 2 aromatic heterocycles. The molecule has 0 saturated carbocycles. The van der Waals surface area contributed by atoms with Gasteiger partial charge in [-0.2, -0.15) is 0 Å². The average Bonchev–Trinajstić information content (AvgIpc) is 2.72. The highest BCUT2D eigenvalue weighted by Crippen LogP contribution is 2.23. The monoisotopic (exact) mass is 446 g/mol. The fraction of sp³-hybridized carbons (Fsp3) is 0.476. The number of aromatic nitrogens is 3. The fourth-order valence-electron chi connectivity index (χ4n) is 3.20. The number of carbonyl (C=O) groups excluding carboxylic acids is 2. The minimum absolute atomic E-state index is 0.160. The summed E-state index contributed by atoms with van der Waals surface area (Å²) in [5.41, 5.74) is 0.779. The lowest BCUT2D eigenvalue weighted by atomic mass is 9.97. The van der Waals surface area contributed by atoms with Gasteiger partial charge in [0.25, 0.3) is 5.91 Å². The van der Waals surface area contributed by atoms with E-state index in [4.69, 9.17) is 16.3 Å². The second kappa shape index (κ2) is 9.91. The summed E-state index contributed by atoms with van der Waals surface area (Å²) in [5, 5.41) is 14.0. The molecule has 2 N–H and O–H groups in total. The molecule has 0 atom stereocenters. The normalized spacial score (nSPS) is 14.8. The van der Waals surface area contributed by atoms with Gasteiger partial charge in [-0.25, -0.2) is 4.79 Å². The smallest absolute Gasteiger partial charge is 0.410 e. The predicted octanol–water partition coefficient (Wildman–Crippen LogP) is 3.84. The van der Waals surface area contributed by atoms with E-state index >= 15 is 0 Å². The molecule has 0 aromatic carbocycles. The maximum atomic E-state index is 12.7. The molecule has 2 amide bonds. The molecule has 0 spiro atoms. The number of hydrogen-bond donors (Lipinski definition) is 2. The molecule has 1 saturated heterocycles. The Hall–Kier alpha value is -2.94. The van der Waals surface area contributed by atoms with Crippen LogP contribution in [0.2, 0.25) is 5.15 Å². The van der Waals surface area contributed by atoms with Gasteiger partial charge in [-0.3, -0.25) is 9.78 Å². The van der Waals surface area contributed by atoms with Crippen molar-refractivity contribution in [1.29, 1.82) is 0 Å². The molecule has 0 aliphatic carbocycles. The Morgan fingerprint density at radius 1 is 1.19 bits per heavy atom. The molecule has 1 aliphatic heterocycles. The van der Waals surface area contributed by atoms with Crippen molar-refractivity contribution in [3.63, 3.8) is 0 Å². The number of amides is 2. The highest BCUT2D eigenvalue weighted by atomic mass is 35.5. The highest BCUT2D eigenvalue weighted by molar-refractivity contribution is 6.29. The zero-order valence-electron chi connectivity index (χ0n) is 17.9. The van der Waals surface area contributed by atoms with Crippen LogP contribution in [0.4, 0.5) is 16.2 Å². The lowest BCUT2D eigenvalue weighted by Gasteiger charge is -2.33. The third-order valence-corrected chi connectivity index (χ3v) is 4.95. The first kappa shape index (κ1) is 22.7. The first-order chi connectivity index (χ1) is 14.7. The molecule has 0 radical (unpaired) electrons. The number of ether oxygens (including phenoxy) is 1. The molecule has 2 aromatic rings. The number of hydrogen-bond acceptors (Lipinski definition) is 7. The summed E-state index contributed by atoms with van der Waals surface area (Å²) in [7, 11) is 0. The van der Waals surface area contributed by atoms with Gasteiger partial charge in [0.05, 0.1) is 5.69 Å². The topological polar surface area (TPSA) is 109 Å². The summed E-state index contributed by atoms with van der Waals surface area (Å²) in [5.74, 6) is -0.0562. The predicted molar refractivity (Wildman–Crippen MR) is 118 cm³/mol. The Labute approximate surface area is 186 Å². The summed E-state index contributed by atoms with van der Waals surface area (Å²) < 4.78 is 5.44. The van der Waals surface area contributed by atoms with E-state index in [1.54, 1.807) is 35.5 Å². The standard InChI is InChI=1S/C21H27ClN6O3/c1-21(2,3)31-20(30)28-10-6-14(7-11-28)13-24-16-12-17(22)26-27-18(16)19(29)25-15-4-8-23-9-5-15/h4-5,8-9,12,14H,6-7,10-11,13H2,1-3H3,(H,24,26)(H,23,25,29).